The number of nitrogens with one attached hydrogen (secondary N) is 1. The Bertz CT molecular complexity index is 274. The molecule has 0 radical (unpaired) electrons. The molecule has 0 aromatic heterocycles. The lowest BCUT2D eigenvalue weighted by molar-refractivity contribution is -0.140. The Hall–Kier alpha value is -1.26. The van der Waals surface area contributed by atoms with Crippen LogP contribution in [0.2, 0.25) is 0 Å². The molecule has 0 bridgehead atoms. The summed E-state index contributed by atoms with van der Waals surface area (Å²) in [6, 6.07) is -0.752. The van der Waals surface area contributed by atoms with Crippen molar-refractivity contribution in [1.29, 1.82) is 0 Å². The number of carboxylic acid groups (broad SMARTS) is 1. The third-order valence-corrected chi connectivity index (χ3v) is 2.80. The molecule has 92 valence electrons. The molecule has 1 fully saturated rings. The third-order valence-electron chi connectivity index (χ3n) is 2.80. The summed E-state index contributed by atoms with van der Waals surface area (Å²) >= 11 is 0. The van der Waals surface area contributed by atoms with Gasteiger partial charge in [0, 0.05) is 12.6 Å². The summed E-state index contributed by atoms with van der Waals surface area (Å²) < 4.78 is 0. The van der Waals surface area contributed by atoms with E-state index in [1.54, 1.807) is 18.7 Å². The predicted molar refractivity (Wildman–Crippen MR) is 60.2 cm³/mol. The Kier molecular flexibility index (Phi) is 4.15. The first kappa shape index (κ1) is 12.8. The molecule has 2 N–H and O–H groups in total. The third kappa shape index (κ3) is 3.12. The SMILES string of the molecule is CCN(C(=O)N[C@@H](C(=O)O)C(C)C)C1CC1. The molecule has 5 nitrogen and oxygen atoms in total. The van der Waals surface area contributed by atoms with Crippen LogP contribution in [0.15, 0.2) is 0 Å². The first-order chi connectivity index (χ1) is 7.47. The average Bonchev–Trinajstić information content (AvgIpc) is 2.98. The number of aliphatic carboxylic acids is 1. The van der Waals surface area contributed by atoms with E-state index in [0.717, 1.165) is 12.8 Å². The number of hydrogen-bond acceptors (Lipinski definition) is 2. The highest BCUT2D eigenvalue weighted by molar-refractivity contribution is 5.83. The lowest BCUT2D eigenvalue weighted by Gasteiger charge is -2.25. The van der Waals surface area contributed by atoms with Crippen molar-refractivity contribution in [2.24, 2.45) is 5.92 Å². The van der Waals surface area contributed by atoms with Crippen LogP contribution < -0.4 is 5.32 Å². The molecule has 0 spiro atoms. The quantitative estimate of drug-likeness (QED) is 0.745. The number of carboxylic acids is 1. The number of carbonyl (C=O) groups excluding carboxylic acids is 1. The van der Waals surface area contributed by atoms with Gasteiger partial charge < -0.3 is 15.3 Å². The molecule has 0 aromatic carbocycles. The van der Waals surface area contributed by atoms with E-state index in [1.165, 1.54) is 0 Å². The summed E-state index contributed by atoms with van der Waals surface area (Å²) in [6.07, 6.45) is 2.06. The summed E-state index contributed by atoms with van der Waals surface area (Å²) in [5.41, 5.74) is 0. The van der Waals surface area contributed by atoms with Gasteiger partial charge in [-0.3, -0.25) is 0 Å². The van der Waals surface area contributed by atoms with E-state index in [4.69, 9.17) is 5.11 Å². The van der Waals surface area contributed by atoms with E-state index in [9.17, 15) is 9.59 Å². The van der Waals surface area contributed by atoms with Crippen molar-refractivity contribution in [1.82, 2.24) is 10.2 Å². The molecule has 0 aliphatic heterocycles. The van der Waals surface area contributed by atoms with E-state index >= 15 is 0 Å². The standard InChI is InChI=1S/C11H20N2O3/c1-4-13(8-5-6-8)11(16)12-9(7(2)3)10(14)15/h7-9H,4-6H2,1-3H3,(H,12,16)(H,14,15)/t9-/m1/s1. The summed E-state index contributed by atoms with van der Waals surface area (Å²) in [7, 11) is 0. The normalized spacial score (nSPS) is 17.0. The van der Waals surface area contributed by atoms with Gasteiger partial charge in [0.05, 0.1) is 0 Å². The van der Waals surface area contributed by atoms with E-state index in [-0.39, 0.29) is 11.9 Å². The second kappa shape index (κ2) is 5.18. The largest absolute Gasteiger partial charge is 0.480 e. The Balaban J connectivity index is 2.56. The van der Waals surface area contributed by atoms with Gasteiger partial charge in [-0.15, -0.1) is 0 Å². The Labute approximate surface area is 95.8 Å². The molecular formula is C11H20N2O3. The van der Waals surface area contributed by atoms with Crippen LogP contribution in [-0.2, 0) is 4.79 Å². The van der Waals surface area contributed by atoms with Gasteiger partial charge in [0.1, 0.15) is 6.04 Å². The van der Waals surface area contributed by atoms with Crippen molar-refractivity contribution in [3.8, 4) is 0 Å². The van der Waals surface area contributed by atoms with Gasteiger partial charge >= 0.3 is 12.0 Å². The van der Waals surface area contributed by atoms with Crippen molar-refractivity contribution in [2.45, 2.75) is 45.7 Å². The van der Waals surface area contributed by atoms with Gasteiger partial charge in [0.25, 0.3) is 0 Å². The molecule has 5 heteroatoms. The number of carbonyl (C=O) groups is 2. The van der Waals surface area contributed by atoms with Crippen LogP contribution in [-0.4, -0.2) is 40.6 Å². The topological polar surface area (TPSA) is 69.6 Å². The molecule has 2 amide bonds. The molecule has 0 aromatic rings. The Morgan fingerprint density at radius 1 is 1.44 bits per heavy atom. The zero-order valence-corrected chi connectivity index (χ0v) is 10.1. The first-order valence-corrected chi connectivity index (χ1v) is 5.77. The summed E-state index contributed by atoms with van der Waals surface area (Å²) in [5.74, 6) is -1.09. The molecule has 1 atom stereocenters. The zero-order chi connectivity index (χ0) is 12.3. The molecule has 1 aliphatic carbocycles. The molecular weight excluding hydrogens is 208 g/mol. The zero-order valence-electron chi connectivity index (χ0n) is 10.1. The highest BCUT2D eigenvalue weighted by atomic mass is 16.4. The number of rotatable bonds is 5. The van der Waals surface area contributed by atoms with Gasteiger partial charge in [-0.05, 0) is 25.7 Å². The van der Waals surface area contributed by atoms with E-state index in [2.05, 4.69) is 5.32 Å². The van der Waals surface area contributed by atoms with Crippen LogP contribution in [0.3, 0.4) is 0 Å². The van der Waals surface area contributed by atoms with Gasteiger partial charge in [-0.25, -0.2) is 9.59 Å². The number of amides is 2. The van der Waals surface area contributed by atoms with E-state index in [1.807, 2.05) is 6.92 Å². The minimum atomic E-state index is -0.977. The summed E-state index contributed by atoms with van der Waals surface area (Å²) in [5, 5.41) is 11.5. The fourth-order valence-corrected chi connectivity index (χ4v) is 1.68. The average molecular weight is 228 g/mol. The highest BCUT2D eigenvalue weighted by Gasteiger charge is 2.33. The minimum absolute atomic E-state index is 0.112. The molecule has 0 heterocycles. The van der Waals surface area contributed by atoms with Crippen LogP contribution in [0.1, 0.15) is 33.6 Å². The maximum Gasteiger partial charge on any atom is 0.326 e. The van der Waals surface area contributed by atoms with Gasteiger partial charge in [-0.2, -0.15) is 0 Å². The van der Waals surface area contributed by atoms with Crippen molar-refractivity contribution >= 4 is 12.0 Å². The maximum atomic E-state index is 11.8. The van der Waals surface area contributed by atoms with E-state index < -0.39 is 12.0 Å². The van der Waals surface area contributed by atoms with Crippen LogP contribution >= 0.6 is 0 Å². The molecule has 1 saturated carbocycles. The van der Waals surface area contributed by atoms with Crippen LogP contribution in [0.5, 0.6) is 0 Å². The second-order valence-electron chi connectivity index (χ2n) is 4.53. The maximum absolute atomic E-state index is 11.8. The second-order valence-corrected chi connectivity index (χ2v) is 4.53. The van der Waals surface area contributed by atoms with Crippen molar-refractivity contribution in [2.75, 3.05) is 6.54 Å². The van der Waals surface area contributed by atoms with Gasteiger partial charge in [0.15, 0.2) is 0 Å². The fraction of sp³-hybridized carbons (Fsp3) is 0.818. The predicted octanol–water partition coefficient (Wildman–Crippen LogP) is 1.29. The van der Waals surface area contributed by atoms with Crippen LogP contribution in [0.25, 0.3) is 0 Å². The Morgan fingerprint density at radius 3 is 2.31 bits per heavy atom. The first-order valence-electron chi connectivity index (χ1n) is 5.77. The monoisotopic (exact) mass is 228 g/mol. The van der Waals surface area contributed by atoms with Crippen molar-refractivity contribution < 1.29 is 14.7 Å². The number of urea groups is 1. The molecule has 16 heavy (non-hydrogen) atoms. The van der Waals surface area contributed by atoms with Crippen molar-refractivity contribution in [3.05, 3.63) is 0 Å². The lowest BCUT2D eigenvalue weighted by Crippen LogP contribution is -2.50. The number of nitrogens with zero attached hydrogens (tertiary/aromatic N) is 1. The van der Waals surface area contributed by atoms with Crippen molar-refractivity contribution in [3.63, 3.8) is 0 Å². The fourth-order valence-electron chi connectivity index (χ4n) is 1.68. The molecule has 1 aliphatic rings. The summed E-state index contributed by atoms with van der Waals surface area (Å²) in [6.45, 7) is 6.10. The summed E-state index contributed by atoms with van der Waals surface area (Å²) in [4.78, 5) is 24.5. The molecule has 1 rings (SSSR count). The van der Waals surface area contributed by atoms with Crippen LogP contribution in [0.4, 0.5) is 4.79 Å². The molecule has 0 unspecified atom stereocenters. The van der Waals surface area contributed by atoms with Gasteiger partial charge in [0.2, 0.25) is 0 Å². The van der Waals surface area contributed by atoms with E-state index in [0.29, 0.717) is 12.6 Å². The molecule has 0 saturated heterocycles. The smallest absolute Gasteiger partial charge is 0.326 e. The lowest BCUT2D eigenvalue weighted by atomic mass is 10.1. The van der Waals surface area contributed by atoms with Gasteiger partial charge in [-0.1, -0.05) is 13.8 Å². The minimum Gasteiger partial charge on any atom is -0.480 e. The van der Waals surface area contributed by atoms with Crippen LogP contribution in [0, 0.1) is 5.92 Å². The number of hydrogen-bond donors (Lipinski definition) is 2. The Morgan fingerprint density at radius 2 is 2.00 bits per heavy atom. The highest BCUT2D eigenvalue weighted by Crippen LogP contribution is 2.26.